The molecule has 0 unspecified atom stereocenters. The van der Waals surface area contributed by atoms with Crippen LogP contribution in [0.5, 0.6) is 0 Å². The summed E-state index contributed by atoms with van der Waals surface area (Å²) in [5, 5.41) is 8.86. The van der Waals surface area contributed by atoms with E-state index in [2.05, 4.69) is 0 Å². The van der Waals surface area contributed by atoms with E-state index in [1.54, 1.807) is 55.4 Å². The number of aliphatic carboxylic acids is 1. The number of carbonyl (C=O) groups is 1. The molecule has 1 N–H and O–H groups in total. The van der Waals surface area contributed by atoms with Crippen LogP contribution in [0.15, 0.2) is 0 Å². The molecule has 0 rings (SSSR count). The number of phosphoric ester groups is 1. The summed E-state index contributed by atoms with van der Waals surface area (Å²) in [5.74, 6) is -0.938. The van der Waals surface area contributed by atoms with Crippen molar-refractivity contribution < 1.29 is 28.0 Å². The SMILES string of the molecule is CC(C)(COP(=O)(OC(C)(C)C)OC(C)(C)C)CC(=O)O. The van der Waals surface area contributed by atoms with Crippen molar-refractivity contribution in [3.05, 3.63) is 0 Å². The number of hydrogen-bond donors (Lipinski definition) is 1. The molecule has 0 bridgehead atoms. The lowest BCUT2D eigenvalue weighted by Crippen LogP contribution is -2.28. The predicted molar refractivity (Wildman–Crippen MR) is 81.3 cm³/mol. The van der Waals surface area contributed by atoms with E-state index in [1.807, 2.05) is 0 Å². The van der Waals surface area contributed by atoms with Gasteiger partial charge < -0.3 is 5.11 Å². The zero-order valence-corrected chi connectivity index (χ0v) is 15.2. The van der Waals surface area contributed by atoms with E-state index in [4.69, 9.17) is 18.7 Å². The maximum atomic E-state index is 12.8. The third-order valence-corrected chi connectivity index (χ3v) is 4.00. The minimum Gasteiger partial charge on any atom is -0.481 e. The van der Waals surface area contributed by atoms with Crippen molar-refractivity contribution in [2.24, 2.45) is 5.41 Å². The zero-order valence-electron chi connectivity index (χ0n) is 14.3. The van der Waals surface area contributed by atoms with Gasteiger partial charge in [-0.1, -0.05) is 13.8 Å². The highest BCUT2D eigenvalue weighted by Crippen LogP contribution is 2.56. The van der Waals surface area contributed by atoms with E-state index in [9.17, 15) is 9.36 Å². The van der Waals surface area contributed by atoms with Crippen LogP contribution in [-0.2, 0) is 22.9 Å². The van der Waals surface area contributed by atoms with E-state index in [0.717, 1.165) is 0 Å². The van der Waals surface area contributed by atoms with Crippen LogP contribution in [0.4, 0.5) is 0 Å². The maximum Gasteiger partial charge on any atom is 0.475 e. The highest BCUT2D eigenvalue weighted by atomic mass is 31.2. The largest absolute Gasteiger partial charge is 0.481 e. The molecule has 0 saturated heterocycles. The van der Waals surface area contributed by atoms with Crippen molar-refractivity contribution in [1.82, 2.24) is 0 Å². The van der Waals surface area contributed by atoms with Gasteiger partial charge >= 0.3 is 13.8 Å². The third-order valence-electron chi connectivity index (χ3n) is 2.01. The number of carboxylic acid groups (broad SMARTS) is 1. The maximum absolute atomic E-state index is 12.8. The van der Waals surface area contributed by atoms with Gasteiger partial charge in [-0.2, -0.15) is 0 Å². The van der Waals surface area contributed by atoms with Gasteiger partial charge in [0.15, 0.2) is 0 Å². The van der Waals surface area contributed by atoms with Crippen LogP contribution in [0.25, 0.3) is 0 Å². The first kappa shape index (κ1) is 20.6. The van der Waals surface area contributed by atoms with Gasteiger partial charge in [0.2, 0.25) is 0 Å². The van der Waals surface area contributed by atoms with Crippen LogP contribution in [0.2, 0.25) is 0 Å². The predicted octanol–water partition coefficient (Wildman–Crippen LogP) is 4.24. The molecule has 0 aromatic rings. The first-order chi connectivity index (χ1) is 9.04. The zero-order chi connectivity index (χ0) is 17.1. The Morgan fingerprint density at radius 3 is 1.62 bits per heavy atom. The van der Waals surface area contributed by atoms with Gasteiger partial charge in [0.05, 0.1) is 24.2 Å². The molecule has 0 aliphatic carbocycles. The lowest BCUT2D eigenvalue weighted by atomic mass is 9.91. The van der Waals surface area contributed by atoms with Crippen LogP contribution in [0.3, 0.4) is 0 Å². The van der Waals surface area contributed by atoms with Crippen molar-refractivity contribution >= 4 is 13.8 Å². The highest BCUT2D eigenvalue weighted by Gasteiger charge is 2.39. The molecule has 0 saturated carbocycles. The van der Waals surface area contributed by atoms with Crippen molar-refractivity contribution in [3.8, 4) is 0 Å². The molecule has 0 heterocycles. The van der Waals surface area contributed by atoms with Gasteiger partial charge in [-0.3, -0.25) is 18.4 Å². The summed E-state index contributed by atoms with van der Waals surface area (Å²) in [4.78, 5) is 10.8. The van der Waals surface area contributed by atoms with Crippen molar-refractivity contribution in [2.75, 3.05) is 6.61 Å². The fraction of sp³-hybridized carbons (Fsp3) is 0.929. The minimum absolute atomic E-state index is 0.0390. The number of carboxylic acids is 1. The number of hydrogen-bond acceptors (Lipinski definition) is 5. The van der Waals surface area contributed by atoms with Crippen molar-refractivity contribution in [3.63, 3.8) is 0 Å². The molecule has 0 aliphatic heterocycles. The molecular weight excluding hydrogens is 295 g/mol. The van der Waals surface area contributed by atoms with Crippen molar-refractivity contribution in [2.45, 2.75) is 73.0 Å². The smallest absolute Gasteiger partial charge is 0.475 e. The minimum atomic E-state index is -3.80. The van der Waals surface area contributed by atoms with Crippen LogP contribution < -0.4 is 0 Å². The Labute approximate surface area is 127 Å². The fourth-order valence-corrected chi connectivity index (χ4v) is 3.45. The van der Waals surface area contributed by atoms with E-state index in [0.29, 0.717) is 0 Å². The number of phosphoric acid groups is 1. The fourth-order valence-electron chi connectivity index (χ4n) is 1.46. The summed E-state index contributed by atoms with van der Waals surface area (Å²) in [6.45, 7) is 13.9. The first-order valence-corrected chi connectivity index (χ1v) is 8.38. The van der Waals surface area contributed by atoms with Gasteiger partial charge in [0, 0.05) is 0 Å². The monoisotopic (exact) mass is 324 g/mol. The summed E-state index contributed by atoms with van der Waals surface area (Å²) < 4.78 is 29.1. The second-order valence-electron chi connectivity index (χ2n) is 7.86. The molecule has 0 amide bonds. The summed E-state index contributed by atoms with van der Waals surface area (Å²) in [7, 11) is -3.80. The third kappa shape index (κ3) is 10.9. The summed E-state index contributed by atoms with van der Waals surface area (Å²) in [6.07, 6.45) is -0.0992. The Hall–Kier alpha value is -0.420. The van der Waals surface area contributed by atoms with E-state index in [-0.39, 0.29) is 13.0 Å². The number of rotatable bonds is 7. The molecule has 126 valence electrons. The first-order valence-electron chi connectivity index (χ1n) is 6.92. The molecule has 0 atom stereocenters. The molecule has 0 aromatic carbocycles. The Morgan fingerprint density at radius 2 is 1.33 bits per heavy atom. The Kier molecular flexibility index (Phi) is 6.64. The molecule has 0 aromatic heterocycles. The van der Waals surface area contributed by atoms with Gasteiger partial charge in [0.25, 0.3) is 0 Å². The molecule has 6 nitrogen and oxygen atoms in total. The lowest BCUT2D eigenvalue weighted by molar-refractivity contribution is -0.140. The molecule has 0 spiro atoms. The van der Waals surface area contributed by atoms with Gasteiger partial charge in [-0.25, -0.2) is 4.57 Å². The van der Waals surface area contributed by atoms with Crippen LogP contribution in [0.1, 0.15) is 61.8 Å². The Morgan fingerprint density at radius 1 is 0.952 bits per heavy atom. The molecule has 0 radical (unpaired) electrons. The molecular formula is C14H29O6P. The second-order valence-corrected chi connectivity index (χ2v) is 9.38. The summed E-state index contributed by atoms with van der Waals surface area (Å²) in [6, 6.07) is 0. The standard InChI is InChI=1S/C14H29O6P/c1-12(2,3)19-21(17,20-13(4,5)6)18-10-14(7,8)9-11(15)16/h9-10H2,1-8H3,(H,15,16). The molecule has 0 fully saturated rings. The summed E-state index contributed by atoms with van der Waals surface area (Å²) >= 11 is 0. The molecule has 21 heavy (non-hydrogen) atoms. The van der Waals surface area contributed by atoms with Crippen molar-refractivity contribution in [1.29, 1.82) is 0 Å². The van der Waals surface area contributed by atoms with Crippen LogP contribution in [0, 0.1) is 5.41 Å². The lowest BCUT2D eigenvalue weighted by Gasteiger charge is -2.33. The van der Waals surface area contributed by atoms with E-state index in [1.165, 1.54) is 0 Å². The topological polar surface area (TPSA) is 82.1 Å². The Bertz CT molecular complexity index is 383. The Balaban J connectivity index is 5.00. The average Bonchev–Trinajstić information content (AvgIpc) is 2.06. The molecule has 7 heteroatoms. The highest BCUT2D eigenvalue weighted by molar-refractivity contribution is 7.48. The average molecular weight is 324 g/mol. The van der Waals surface area contributed by atoms with Gasteiger partial charge in [-0.05, 0) is 47.0 Å². The van der Waals surface area contributed by atoms with Gasteiger partial charge in [0.1, 0.15) is 0 Å². The van der Waals surface area contributed by atoms with Crippen LogP contribution >= 0.6 is 7.82 Å². The summed E-state index contributed by atoms with van der Waals surface area (Å²) in [5.41, 5.74) is -2.10. The van der Waals surface area contributed by atoms with E-state index >= 15 is 0 Å². The van der Waals surface area contributed by atoms with E-state index < -0.39 is 30.4 Å². The molecule has 0 aliphatic rings. The quantitative estimate of drug-likeness (QED) is 0.705. The van der Waals surface area contributed by atoms with Crippen LogP contribution in [-0.4, -0.2) is 28.9 Å². The van der Waals surface area contributed by atoms with Gasteiger partial charge in [-0.15, -0.1) is 0 Å². The second kappa shape index (κ2) is 6.78. The normalized spacial score (nSPS) is 14.3.